The molecule has 156 valence electrons. The Morgan fingerprint density at radius 1 is 1.07 bits per heavy atom. The molecule has 1 heterocycles. The van der Waals surface area contributed by atoms with E-state index in [2.05, 4.69) is 0 Å². The van der Waals surface area contributed by atoms with E-state index in [1.807, 2.05) is 66.1 Å². The van der Waals surface area contributed by atoms with Gasteiger partial charge in [-0.15, -0.1) is 0 Å². The predicted octanol–water partition coefficient (Wildman–Crippen LogP) is 5.05. The van der Waals surface area contributed by atoms with Crippen molar-refractivity contribution in [2.75, 3.05) is 11.9 Å². The molecule has 0 aliphatic heterocycles. The summed E-state index contributed by atoms with van der Waals surface area (Å²) in [7, 11) is 1.79. The number of nitrogens with zero attached hydrogens (tertiary/aromatic N) is 3. The Hall–Kier alpha value is -2.60. The number of aromatic nitrogens is 2. The third-order valence-corrected chi connectivity index (χ3v) is 6.87. The number of hydrogen-bond acceptors (Lipinski definition) is 4. The number of benzene rings is 2. The quantitative estimate of drug-likeness (QED) is 0.428. The lowest BCUT2D eigenvalue weighted by atomic mass is 9.95. The third kappa shape index (κ3) is 4.15. The van der Waals surface area contributed by atoms with Crippen LogP contribution in [-0.2, 0) is 4.79 Å². The fourth-order valence-corrected chi connectivity index (χ4v) is 5.20. The Morgan fingerprint density at radius 3 is 2.47 bits per heavy atom. The van der Waals surface area contributed by atoms with Gasteiger partial charge in [-0.25, -0.2) is 4.98 Å². The topological polar surface area (TPSA) is 55.2 Å². The number of anilines is 1. The molecule has 30 heavy (non-hydrogen) atoms. The van der Waals surface area contributed by atoms with Gasteiger partial charge in [-0.2, -0.15) is 0 Å². The van der Waals surface area contributed by atoms with Gasteiger partial charge in [0.2, 0.25) is 5.91 Å². The lowest BCUT2D eigenvalue weighted by molar-refractivity contribution is -0.117. The second kappa shape index (κ2) is 9.04. The van der Waals surface area contributed by atoms with Gasteiger partial charge in [-0.1, -0.05) is 61.4 Å². The van der Waals surface area contributed by atoms with Crippen LogP contribution in [0.25, 0.3) is 10.9 Å². The average Bonchev–Trinajstić information content (AvgIpc) is 2.79. The van der Waals surface area contributed by atoms with Crippen LogP contribution in [0.15, 0.2) is 64.5 Å². The molecule has 0 bridgehead atoms. The highest BCUT2D eigenvalue weighted by Gasteiger charge is 2.26. The van der Waals surface area contributed by atoms with Crippen LogP contribution in [0.5, 0.6) is 0 Å². The molecule has 0 saturated heterocycles. The molecule has 3 aromatic rings. The van der Waals surface area contributed by atoms with Crippen LogP contribution in [0.3, 0.4) is 0 Å². The van der Waals surface area contributed by atoms with E-state index in [4.69, 9.17) is 4.98 Å². The third-order valence-electron chi connectivity index (χ3n) is 5.82. The molecule has 1 atom stereocenters. The van der Waals surface area contributed by atoms with Crippen LogP contribution < -0.4 is 10.5 Å². The van der Waals surface area contributed by atoms with Crippen molar-refractivity contribution in [3.63, 3.8) is 0 Å². The summed E-state index contributed by atoms with van der Waals surface area (Å²) in [5.74, 6) is -0.0104. The Balaban J connectivity index is 1.68. The lowest BCUT2D eigenvalue weighted by Gasteiger charge is -2.27. The van der Waals surface area contributed by atoms with Gasteiger partial charge in [-0.05, 0) is 44.0 Å². The van der Waals surface area contributed by atoms with Crippen LogP contribution in [0.1, 0.15) is 45.1 Å². The average molecular weight is 422 g/mol. The predicted molar refractivity (Wildman–Crippen MR) is 123 cm³/mol. The number of amides is 1. The van der Waals surface area contributed by atoms with Gasteiger partial charge in [0, 0.05) is 18.8 Å². The smallest absolute Gasteiger partial charge is 0.262 e. The molecule has 1 aromatic heterocycles. The fourth-order valence-electron chi connectivity index (χ4n) is 4.13. The number of hydrogen-bond donors (Lipinski definition) is 0. The van der Waals surface area contributed by atoms with Crippen LogP contribution in [0.2, 0.25) is 0 Å². The van der Waals surface area contributed by atoms with E-state index in [1.54, 1.807) is 11.9 Å². The van der Waals surface area contributed by atoms with Gasteiger partial charge in [0.25, 0.3) is 5.56 Å². The molecule has 0 radical (unpaired) electrons. The van der Waals surface area contributed by atoms with Crippen molar-refractivity contribution in [3.05, 3.63) is 65.0 Å². The van der Waals surface area contributed by atoms with Crippen molar-refractivity contribution < 1.29 is 4.79 Å². The summed E-state index contributed by atoms with van der Waals surface area (Å²) in [6, 6.07) is 17.2. The number of para-hydroxylation sites is 2. The van der Waals surface area contributed by atoms with E-state index in [9.17, 15) is 9.59 Å². The molecule has 1 aliphatic rings. The van der Waals surface area contributed by atoms with E-state index < -0.39 is 0 Å². The van der Waals surface area contributed by atoms with E-state index in [0.717, 1.165) is 31.4 Å². The van der Waals surface area contributed by atoms with Crippen molar-refractivity contribution in [2.45, 2.75) is 55.5 Å². The van der Waals surface area contributed by atoms with Gasteiger partial charge in [-0.3, -0.25) is 14.2 Å². The Morgan fingerprint density at radius 2 is 1.73 bits per heavy atom. The maximum absolute atomic E-state index is 13.4. The second-order valence-electron chi connectivity index (χ2n) is 7.87. The van der Waals surface area contributed by atoms with E-state index in [0.29, 0.717) is 16.1 Å². The summed E-state index contributed by atoms with van der Waals surface area (Å²) in [6.45, 7) is 1.89. The summed E-state index contributed by atoms with van der Waals surface area (Å²) in [4.78, 5) is 32.9. The zero-order valence-electron chi connectivity index (χ0n) is 17.5. The standard InChI is InChI=1S/C24H27N3O2S/c1-17(22(28)26(2)18-11-5-3-6-12-18)30-24-25-21-16-10-9-15-20(21)23(29)27(24)19-13-7-4-8-14-19/h3,5-6,9-12,15-17,19H,4,7-8,13-14H2,1-2H3. The molecular weight excluding hydrogens is 394 g/mol. The minimum Gasteiger partial charge on any atom is -0.315 e. The molecule has 0 spiro atoms. The molecule has 1 saturated carbocycles. The van der Waals surface area contributed by atoms with Crippen LogP contribution in [0, 0.1) is 0 Å². The molecule has 2 aromatic carbocycles. The second-order valence-corrected chi connectivity index (χ2v) is 9.18. The normalized spacial score (nSPS) is 15.8. The monoisotopic (exact) mass is 421 g/mol. The maximum Gasteiger partial charge on any atom is 0.262 e. The molecule has 1 fully saturated rings. The Kier molecular flexibility index (Phi) is 6.23. The molecule has 1 amide bonds. The maximum atomic E-state index is 13.4. The van der Waals surface area contributed by atoms with Gasteiger partial charge in [0.1, 0.15) is 0 Å². The highest BCUT2D eigenvalue weighted by molar-refractivity contribution is 8.00. The number of fused-ring (bicyclic) bond motifs is 1. The molecular formula is C24H27N3O2S. The largest absolute Gasteiger partial charge is 0.315 e. The van der Waals surface area contributed by atoms with Crippen molar-refractivity contribution in [2.24, 2.45) is 0 Å². The Labute approximate surface area is 181 Å². The van der Waals surface area contributed by atoms with Crippen molar-refractivity contribution in [3.8, 4) is 0 Å². The summed E-state index contributed by atoms with van der Waals surface area (Å²) in [5.41, 5.74) is 1.55. The first-order valence-electron chi connectivity index (χ1n) is 10.6. The van der Waals surface area contributed by atoms with Crippen molar-refractivity contribution in [1.82, 2.24) is 9.55 Å². The van der Waals surface area contributed by atoms with Crippen molar-refractivity contribution >= 4 is 34.3 Å². The first-order valence-corrected chi connectivity index (χ1v) is 11.4. The van der Waals surface area contributed by atoms with Crippen LogP contribution in [-0.4, -0.2) is 27.8 Å². The zero-order chi connectivity index (χ0) is 21.1. The number of carbonyl (C=O) groups is 1. The molecule has 6 heteroatoms. The van der Waals surface area contributed by atoms with Gasteiger partial charge < -0.3 is 4.90 Å². The lowest BCUT2D eigenvalue weighted by Crippen LogP contribution is -2.34. The van der Waals surface area contributed by atoms with Gasteiger partial charge in [0.15, 0.2) is 5.16 Å². The summed E-state index contributed by atoms with van der Waals surface area (Å²) < 4.78 is 1.86. The molecule has 0 N–H and O–H groups in total. The molecule has 4 rings (SSSR count). The summed E-state index contributed by atoms with van der Waals surface area (Å²) in [6.07, 6.45) is 5.43. The van der Waals surface area contributed by atoms with E-state index >= 15 is 0 Å². The summed E-state index contributed by atoms with van der Waals surface area (Å²) >= 11 is 1.38. The number of thioether (sulfide) groups is 1. The van der Waals surface area contributed by atoms with Crippen molar-refractivity contribution in [1.29, 1.82) is 0 Å². The SMILES string of the molecule is CC(Sc1nc2ccccc2c(=O)n1C1CCCCC1)C(=O)N(C)c1ccccc1. The first kappa shape index (κ1) is 20.7. The molecule has 1 aliphatic carbocycles. The van der Waals surface area contributed by atoms with E-state index in [-0.39, 0.29) is 22.8 Å². The Bertz CT molecular complexity index is 1090. The number of rotatable bonds is 5. The van der Waals surface area contributed by atoms with Gasteiger partial charge >= 0.3 is 0 Å². The number of carbonyl (C=O) groups excluding carboxylic acids is 1. The van der Waals surface area contributed by atoms with Crippen LogP contribution in [0.4, 0.5) is 5.69 Å². The fraction of sp³-hybridized carbons (Fsp3) is 0.375. The van der Waals surface area contributed by atoms with E-state index in [1.165, 1.54) is 18.2 Å². The van der Waals surface area contributed by atoms with Gasteiger partial charge in [0.05, 0.1) is 16.2 Å². The highest BCUT2D eigenvalue weighted by atomic mass is 32.2. The highest BCUT2D eigenvalue weighted by Crippen LogP contribution is 2.33. The molecule has 1 unspecified atom stereocenters. The zero-order valence-corrected chi connectivity index (χ0v) is 18.3. The summed E-state index contributed by atoms with van der Waals surface area (Å²) in [5, 5.41) is 0.929. The first-order chi connectivity index (χ1) is 14.6. The minimum absolute atomic E-state index is 0.00561. The molecule has 5 nitrogen and oxygen atoms in total. The van der Waals surface area contributed by atoms with Crippen LogP contribution >= 0.6 is 11.8 Å². The minimum atomic E-state index is -0.363.